The van der Waals surface area contributed by atoms with Crippen LogP contribution in [0, 0.1) is 0 Å². The Balaban J connectivity index is 1.62. The van der Waals surface area contributed by atoms with Gasteiger partial charge in [-0.15, -0.1) is 0 Å². The number of ether oxygens (including phenoxy) is 1. The minimum Gasteiger partial charge on any atom is -0.494 e. The number of rotatable bonds is 4. The van der Waals surface area contributed by atoms with Crippen molar-refractivity contribution in [1.29, 1.82) is 0 Å². The van der Waals surface area contributed by atoms with Gasteiger partial charge in [-0.2, -0.15) is 0 Å². The van der Waals surface area contributed by atoms with E-state index in [1.54, 1.807) is 0 Å². The van der Waals surface area contributed by atoms with Crippen LogP contribution in [-0.2, 0) is 6.42 Å². The summed E-state index contributed by atoms with van der Waals surface area (Å²) in [7, 11) is 0. The lowest BCUT2D eigenvalue weighted by atomic mass is 9.88. The molecule has 3 rings (SSSR count). The number of anilines is 1. The van der Waals surface area contributed by atoms with Crippen LogP contribution in [0.4, 0.5) is 10.5 Å². The third kappa shape index (κ3) is 3.83. The monoisotopic (exact) mass is 310 g/mol. The molecule has 2 amide bonds. The summed E-state index contributed by atoms with van der Waals surface area (Å²) in [6.07, 6.45) is 3.17. The average Bonchev–Trinajstić information content (AvgIpc) is 2.57. The van der Waals surface area contributed by atoms with Gasteiger partial charge in [0.1, 0.15) is 5.75 Å². The maximum absolute atomic E-state index is 12.2. The summed E-state index contributed by atoms with van der Waals surface area (Å²) in [5, 5.41) is 5.97. The topological polar surface area (TPSA) is 50.4 Å². The highest BCUT2D eigenvalue weighted by molar-refractivity contribution is 5.89. The molecule has 4 nitrogen and oxygen atoms in total. The number of hydrogen-bond acceptors (Lipinski definition) is 2. The molecule has 2 aromatic carbocycles. The first-order valence-electron chi connectivity index (χ1n) is 8.14. The summed E-state index contributed by atoms with van der Waals surface area (Å²) in [6, 6.07) is 15.7. The van der Waals surface area contributed by atoms with E-state index in [0.29, 0.717) is 6.61 Å². The minimum atomic E-state index is -0.170. The van der Waals surface area contributed by atoms with E-state index in [-0.39, 0.29) is 12.1 Å². The van der Waals surface area contributed by atoms with Gasteiger partial charge in [-0.3, -0.25) is 0 Å². The largest absolute Gasteiger partial charge is 0.494 e. The molecule has 1 aliphatic rings. The molecule has 1 aliphatic carbocycles. The number of aryl methyl sites for hydroxylation is 1. The van der Waals surface area contributed by atoms with E-state index >= 15 is 0 Å². The predicted octanol–water partition coefficient (Wildman–Crippen LogP) is 4.28. The number of carbonyl (C=O) groups excluding carboxylic acids is 1. The first-order valence-corrected chi connectivity index (χ1v) is 8.14. The molecule has 0 aliphatic heterocycles. The third-order valence-corrected chi connectivity index (χ3v) is 4.10. The summed E-state index contributed by atoms with van der Waals surface area (Å²) in [5.74, 6) is 0.805. The molecule has 0 unspecified atom stereocenters. The number of hydrogen-bond donors (Lipinski definition) is 2. The van der Waals surface area contributed by atoms with E-state index in [1.165, 1.54) is 11.1 Å². The first kappa shape index (κ1) is 15.4. The fraction of sp³-hybridized carbons (Fsp3) is 0.316. The molecule has 0 heterocycles. The Labute approximate surface area is 136 Å². The second kappa shape index (κ2) is 7.18. The molecule has 0 aromatic heterocycles. The highest BCUT2D eigenvalue weighted by Crippen LogP contribution is 2.29. The van der Waals surface area contributed by atoms with Crippen LogP contribution in [0.3, 0.4) is 0 Å². The van der Waals surface area contributed by atoms with Gasteiger partial charge in [-0.05, 0) is 61.6 Å². The second-order valence-electron chi connectivity index (χ2n) is 5.70. The Hall–Kier alpha value is -2.49. The Morgan fingerprint density at radius 2 is 1.96 bits per heavy atom. The molecule has 0 saturated carbocycles. The molecular formula is C19H22N2O2. The standard InChI is InChI=1S/C19H22N2O2/c1-2-23-16-12-10-15(11-13-16)20-19(22)21-18-9-5-7-14-6-3-4-8-17(14)18/h3-4,6,8,10-13,18H,2,5,7,9H2,1H3,(H2,20,21,22)/t18-/m1/s1. The van der Waals surface area contributed by atoms with Gasteiger partial charge in [-0.1, -0.05) is 24.3 Å². The van der Waals surface area contributed by atoms with Gasteiger partial charge in [0.25, 0.3) is 0 Å². The Morgan fingerprint density at radius 1 is 1.17 bits per heavy atom. The molecule has 2 aromatic rings. The van der Waals surface area contributed by atoms with Crippen LogP contribution in [0.5, 0.6) is 5.75 Å². The SMILES string of the molecule is CCOc1ccc(NC(=O)N[C@@H]2CCCc3ccccc32)cc1. The second-order valence-corrected chi connectivity index (χ2v) is 5.70. The third-order valence-electron chi connectivity index (χ3n) is 4.10. The van der Waals surface area contributed by atoms with Crippen molar-refractivity contribution in [3.8, 4) is 5.75 Å². The first-order chi connectivity index (χ1) is 11.3. The number of nitrogens with one attached hydrogen (secondary N) is 2. The number of benzene rings is 2. The van der Waals surface area contributed by atoms with Crippen molar-refractivity contribution >= 4 is 11.7 Å². The van der Waals surface area contributed by atoms with Gasteiger partial charge >= 0.3 is 6.03 Å². The molecule has 0 fully saturated rings. The predicted molar refractivity (Wildman–Crippen MR) is 91.9 cm³/mol. The summed E-state index contributed by atoms with van der Waals surface area (Å²) in [6.45, 7) is 2.58. The van der Waals surface area contributed by atoms with Crippen LogP contribution >= 0.6 is 0 Å². The van der Waals surface area contributed by atoms with Crippen LogP contribution in [0.1, 0.15) is 36.9 Å². The molecule has 0 bridgehead atoms. The summed E-state index contributed by atoms with van der Waals surface area (Å²) >= 11 is 0. The zero-order valence-electron chi connectivity index (χ0n) is 13.3. The van der Waals surface area contributed by atoms with Gasteiger partial charge in [0.15, 0.2) is 0 Å². The van der Waals surface area contributed by atoms with Crippen molar-refractivity contribution in [2.24, 2.45) is 0 Å². The van der Waals surface area contributed by atoms with E-state index in [9.17, 15) is 4.79 Å². The van der Waals surface area contributed by atoms with Crippen LogP contribution in [-0.4, -0.2) is 12.6 Å². The van der Waals surface area contributed by atoms with Crippen molar-refractivity contribution in [3.63, 3.8) is 0 Å². The average molecular weight is 310 g/mol. The summed E-state index contributed by atoms with van der Waals surface area (Å²) in [5.41, 5.74) is 3.33. The van der Waals surface area contributed by atoms with E-state index in [0.717, 1.165) is 30.7 Å². The molecule has 1 atom stereocenters. The summed E-state index contributed by atoms with van der Waals surface area (Å²) < 4.78 is 5.40. The van der Waals surface area contributed by atoms with Crippen LogP contribution in [0.2, 0.25) is 0 Å². The van der Waals surface area contributed by atoms with Gasteiger partial charge in [0, 0.05) is 5.69 Å². The van der Waals surface area contributed by atoms with Crippen molar-refractivity contribution in [2.75, 3.05) is 11.9 Å². The van der Waals surface area contributed by atoms with Crippen LogP contribution in [0.25, 0.3) is 0 Å². The van der Waals surface area contributed by atoms with E-state index in [1.807, 2.05) is 37.3 Å². The lowest BCUT2D eigenvalue weighted by Gasteiger charge is -2.26. The molecule has 0 saturated heterocycles. The lowest BCUT2D eigenvalue weighted by molar-refractivity contribution is 0.247. The number of carbonyl (C=O) groups is 1. The van der Waals surface area contributed by atoms with Gasteiger partial charge < -0.3 is 15.4 Å². The zero-order chi connectivity index (χ0) is 16.1. The Bertz CT molecular complexity index is 667. The molecule has 0 radical (unpaired) electrons. The molecule has 4 heteroatoms. The molecule has 23 heavy (non-hydrogen) atoms. The van der Waals surface area contributed by atoms with Gasteiger partial charge in [0.2, 0.25) is 0 Å². The maximum Gasteiger partial charge on any atom is 0.319 e. The number of urea groups is 1. The van der Waals surface area contributed by atoms with E-state index in [2.05, 4.69) is 28.8 Å². The van der Waals surface area contributed by atoms with Gasteiger partial charge in [0.05, 0.1) is 12.6 Å². The highest BCUT2D eigenvalue weighted by atomic mass is 16.5. The Kier molecular flexibility index (Phi) is 4.81. The highest BCUT2D eigenvalue weighted by Gasteiger charge is 2.21. The normalized spacial score (nSPS) is 16.3. The maximum atomic E-state index is 12.2. The van der Waals surface area contributed by atoms with Crippen molar-refractivity contribution in [3.05, 3.63) is 59.7 Å². The van der Waals surface area contributed by atoms with Crippen molar-refractivity contribution in [1.82, 2.24) is 5.32 Å². The van der Waals surface area contributed by atoms with E-state index in [4.69, 9.17) is 4.74 Å². The molecular weight excluding hydrogens is 288 g/mol. The fourth-order valence-electron chi connectivity index (χ4n) is 3.03. The number of amides is 2. The molecule has 0 spiro atoms. The molecule has 120 valence electrons. The smallest absolute Gasteiger partial charge is 0.319 e. The lowest BCUT2D eigenvalue weighted by Crippen LogP contribution is -2.34. The summed E-state index contributed by atoms with van der Waals surface area (Å²) in [4.78, 5) is 12.2. The van der Waals surface area contributed by atoms with Crippen molar-refractivity contribution < 1.29 is 9.53 Å². The fourth-order valence-corrected chi connectivity index (χ4v) is 3.03. The molecule has 2 N–H and O–H groups in total. The quantitative estimate of drug-likeness (QED) is 0.885. The minimum absolute atomic E-state index is 0.0858. The van der Waals surface area contributed by atoms with Crippen LogP contribution in [0.15, 0.2) is 48.5 Å². The zero-order valence-corrected chi connectivity index (χ0v) is 13.3. The van der Waals surface area contributed by atoms with Crippen LogP contribution < -0.4 is 15.4 Å². The van der Waals surface area contributed by atoms with Crippen molar-refractivity contribution in [2.45, 2.75) is 32.2 Å². The Morgan fingerprint density at radius 3 is 2.74 bits per heavy atom. The van der Waals surface area contributed by atoms with Gasteiger partial charge in [-0.25, -0.2) is 4.79 Å². The van der Waals surface area contributed by atoms with E-state index < -0.39 is 0 Å². The number of fused-ring (bicyclic) bond motifs is 1.